The van der Waals surface area contributed by atoms with E-state index in [4.69, 9.17) is 24.3 Å². The maximum absolute atomic E-state index is 6.69. The van der Waals surface area contributed by atoms with E-state index in [0.29, 0.717) is 23.4 Å². The summed E-state index contributed by atoms with van der Waals surface area (Å²) in [5, 5.41) is 2.14. The van der Waals surface area contributed by atoms with Gasteiger partial charge in [-0.05, 0) is 50.5 Å². The molecule has 0 aliphatic carbocycles. The first-order chi connectivity index (χ1) is 20.4. The molecule has 0 amide bonds. The van der Waals surface area contributed by atoms with Crippen molar-refractivity contribution in [2.24, 2.45) is 0 Å². The van der Waals surface area contributed by atoms with Crippen molar-refractivity contribution < 1.29 is 9.31 Å². The summed E-state index contributed by atoms with van der Waals surface area (Å²) in [6, 6.07) is 34.7. The second-order valence-corrected chi connectivity index (χ2v) is 11.8. The minimum atomic E-state index is -0.522. The molecule has 208 valence electrons. The van der Waals surface area contributed by atoms with E-state index in [1.54, 1.807) is 0 Å². The highest BCUT2D eigenvalue weighted by Gasteiger charge is 2.54. The Balaban J connectivity index is 1.47. The van der Waals surface area contributed by atoms with E-state index < -0.39 is 18.3 Å². The zero-order valence-electron chi connectivity index (χ0n) is 23.9. The molecule has 42 heavy (non-hydrogen) atoms. The van der Waals surface area contributed by atoms with E-state index in [1.807, 2.05) is 66.7 Å². The van der Waals surface area contributed by atoms with Gasteiger partial charge in [-0.3, -0.25) is 4.57 Å². The van der Waals surface area contributed by atoms with Gasteiger partial charge in [-0.25, -0.2) is 4.98 Å². The van der Waals surface area contributed by atoms with Crippen molar-refractivity contribution in [1.82, 2.24) is 19.5 Å². The molecule has 0 saturated carbocycles. The van der Waals surface area contributed by atoms with Gasteiger partial charge in [-0.15, -0.1) is 0 Å². The van der Waals surface area contributed by atoms with E-state index >= 15 is 0 Å². The van der Waals surface area contributed by atoms with Crippen LogP contribution in [0.5, 0.6) is 0 Å². The quantitative estimate of drug-likeness (QED) is 0.174. The van der Waals surface area contributed by atoms with Crippen molar-refractivity contribution in [3.63, 3.8) is 0 Å². The fourth-order valence-electron chi connectivity index (χ4n) is 5.85. The lowest BCUT2D eigenvalue weighted by Crippen LogP contribution is -2.45. The first kappa shape index (κ1) is 26.9. The predicted octanol–water partition coefficient (Wildman–Crippen LogP) is 6.90. The van der Waals surface area contributed by atoms with Gasteiger partial charge in [0.15, 0.2) is 11.6 Å². The van der Waals surface area contributed by atoms with Crippen molar-refractivity contribution >= 4 is 47.0 Å². The van der Waals surface area contributed by atoms with E-state index in [-0.39, 0.29) is 0 Å². The highest BCUT2D eigenvalue weighted by Crippen LogP contribution is 2.41. The zero-order valence-corrected chi connectivity index (χ0v) is 24.8. The molecule has 1 unspecified atom stereocenters. The molecule has 6 nitrogen and oxygen atoms in total. The number of hydrogen-bond donors (Lipinski definition) is 1. The van der Waals surface area contributed by atoms with Gasteiger partial charge in [0, 0.05) is 21.9 Å². The second kappa shape index (κ2) is 10.4. The van der Waals surface area contributed by atoms with E-state index in [2.05, 4.69) is 74.4 Å². The van der Waals surface area contributed by atoms with Gasteiger partial charge >= 0.3 is 7.12 Å². The maximum Gasteiger partial charge on any atom is 0.495 e. The molecule has 6 aromatic rings. The summed E-state index contributed by atoms with van der Waals surface area (Å²) in [4.78, 5) is 15.0. The predicted molar refractivity (Wildman–Crippen MR) is 174 cm³/mol. The Hall–Kier alpha value is -3.98. The van der Waals surface area contributed by atoms with Gasteiger partial charge in [0.05, 0.1) is 22.2 Å². The molecule has 7 rings (SSSR count). The molecule has 1 saturated heterocycles. The SMILES string of the molecule is CC1(C)OB(c2cccc3c2c2ccccc2n3-c2nc(-c3ccccc3)nc(-c3ccccc3)n2)OC1(C)CCS. The van der Waals surface area contributed by atoms with Crippen LogP contribution in [-0.4, -0.2) is 43.6 Å². The van der Waals surface area contributed by atoms with Crippen LogP contribution in [0.25, 0.3) is 50.5 Å². The smallest absolute Gasteiger partial charge is 0.399 e. The summed E-state index contributed by atoms with van der Waals surface area (Å²) in [6.45, 7) is 6.31. The Morgan fingerprint density at radius 2 is 1.29 bits per heavy atom. The molecule has 1 aliphatic heterocycles. The first-order valence-corrected chi connectivity index (χ1v) is 14.9. The molecule has 1 aliphatic rings. The third-order valence-electron chi connectivity index (χ3n) is 8.50. The maximum atomic E-state index is 6.69. The van der Waals surface area contributed by atoms with Gasteiger partial charge in [-0.1, -0.05) is 91.0 Å². The van der Waals surface area contributed by atoms with Crippen molar-refractivity contribution in [2.45, 2.75) is 38.4 Å². The van der Waals surface area contributed by atoms with Gasteiger partial charge < -0.3 is 9.31 Å². The van der Waals surface area contributed by atoms with E-state index in [1.165, 1.54) is 0 Å². The van der Waals surface area contributed by atoms with Gasteiger partial charge in [0.25, 0.3) is 0 Å². The van der Waals surface area contributed by atoms with Gasteiger partial charge in [0.1, 0.15) is 0 Å². The number of benzene rings is 4. The topological polar surface area (TPSA) is 62.1 Å². The van der Waals surface area contributed by atoms with Crippen LogP contribution >= 0.6 is 12.6 Å². The molecule has 0 bridgehead atoms. The minimum Gasteiger partial charge on any atom is -0.399 e. The Bertz CT molecular complexity index is 1850. The number of aromatic nitrogens is 4. The molecule has 1 atom stereocenters. The zero-order chi connectivity index (χ0) is 28.9. The van der Waals surface area contributed by atoms with Crippen molar-refractivity contribution in [1.29, 1.82) is 0 Å². The second-order valence-electron chi connectivity index (χ2n) is 11.4. The van der Waals surface area contributed by atoms with Crippen LogP contribution in [0.3, 0.4) is 0 Å². The molecule has 3 heterocycles. The molecule has 8 heteroatoms. The summed E-state index contributed by atoms with van der Waals surface area (Å²) in [7, 11) is -0.522. The normalized spacial score (nSPS) is 18.2. The molecule has 4 aromatic carbocycles. The fraction of sp³-hybridized carbons (Fsp3) is 0.206. The third-order valence-corrected chi connectivity index (χ3v) is 8.73. The number of fused-ring (bicyclic) bond motifs is 3. The van der Waals surface area contributed by atoms with Crippen molar-refractivity contribution in [3.8, 4) is 28.7 Å². The molecule has 0 N–H and O–H groups in total. The monoisotopic (exact) mass is 570 g/mol. The van der Waals surface area contributed by atoms with Crippen LogP contribution in [0.4, 0.5) is 0 Å². The Labute approximate surface area is 251 Å². The lowest BCUT2D eigenvalue weighted by molar-refractivity contribution is -0.0109. The summed E-state index contributed by atoms with van der Waals surface area (Å²) < 4.78 is 15.4. The van der Waals surface area contributed by atoms with Crippen LogP contribution in [-0.2, 0) is 9.31 Å². The average molecular weight is 571 g/mol. The highest BCUT2D eigenvalue weighted by atomic mass is 32.1. The molecule has 2 aromatic heterocycles. The standard InChI is InChI=1S/C34H31BN4O2S/c1-33(2)34(3,21-22-42)41-35(40-33)26-18-12-20-28-29(26)25-17-10-11-19-27(25)39(28)32-37-30(23-13-6-4-7-14-23)36-31(38-32)24-15-8-5-9-16-24/h4-20,42H,21-22H2,1-3H3. The summed E-state index contributed by atoms with van der Waals surface area (Å²) in [5.74, 6) is 2.51. The Morgan fingerprint density at radius 1 is 0.690 bits per heavy atom. The fourth-order valence-corrected chi connectivity index (χ4v) is 6.28. The largest absolute Gasteiger partial charge is 0.495 e. The molecule has 0 spiro atoms. The number of thiol groups is 1. The highest BCUT2D eigenvalue weighted by molar-refractivity contribution is 7.80. The lowest BCUT2D eigenvalue weighted by Gasteiger charge is -2.36. The van der Waals surface area contributed by atoms with Crippen LogP contribution in [0, 0.1) is 0 Å². The van der Waals surface area contributed by atoms with Gasteiger partial charge in [-0.2, -0.15) is 22.6 Å². The van der Waals surface area contributed by atoms with Crippen LogP contribution < -0.4 is 5.46 Å². The van der Waals surface area contributed by atoms with Crippen molar-refractivity contribution in [2.75, 3.05) is 5.75 Å². The lowest BCUT2D eigenvalue weighted by atomic mass is 9.76. The van der Waals surface area contributed by atoms with Crippen LogP contribution in [0.15, 0.2) is 103 Å². The van der Waals surface area contributed by atoms with Crippen LogP contribution in [0.1, 0.15) is 27.2 Å². The number of rotatable bonds is 6. The molecular formula is C34H31BN4O2S. The summed E-state index contributed by atoms with van der Waals surface area (Å²) in [6.07, 6.45) is 0.784. The van der Waals surface area contributed by atoms with E-state index in [0.717, 1.165) is 44.8 Å². The average Bonchev–Trinajstić information content (AvgIpc) is 3.48. The number of hydrogen-bond acceptors (Lipinski definition) is 6. The number of nitrogens with zero attached hydrogens (tertiary/aromatic N) is 4. The van der Waals surface area contributed by atoms with E-state index in [9.17, 15) is 0 Å². The molecule has 1 fully saturated rings. The first-order valence-electron chi connectivity index (χ1n) is 14.2. The summed E-state index contributed by atoms with van der Waals surface area (Å²) >= 11 is 4.51. The molecule has 0 radical (unpaired) electrons. The Kier molecular flexibility index (Phi) is 6.65. The van der Waals surface area contributed by atoms with Crippen molar-refractivity contribution in [3.05, 3.63) is 103 Å². The third kappa shape index (κ3) is 4.42. The molecular weight excluding hydrogens is 539 g/mol. The Morgan fingerprint density at radius 3 is 1.93 bits per heavy atom. The van der Waals surface area contributed by atoms with Crippen LogP contribution in [0.2, 0.25) is 0 Å². The minimum absolute atomic E-state index is 0.469. The van der Waals surface area contributed by atoms with Gasteiger partial charge in [0.2, 0.25) is 5.95 Å². The number of para-hydroxylation sites is 1. The summed E-state index contributed by atoms with van der Waals surface area (Å²) in [5.41, 5.74) is 3.87.